The average Bonchev–Trinajstić information content (AvgIpc) is 3.10. The van der Waals surface area contributed by atoms with Crippen LogP contribution in [0.2, 0.25) is 0 Å². The van der Waals surface area contributed by atoms with E-state index in [1.54, 1.807) is 12.3 Å². The normalized spacial score (nSPS) is 15.0. The summed E-state index contributed by atoms with van der Waals surface area (Å²) in [6.07, 6.45) is 2.65. The van der Waals surface area contributed by atoms with E-state index in [1.807, 2.05) is 34.6 Å². The summed E-state index contributed by atoms with van der Waals surface area (Å²) in [5, 5.41) is 2.93. The first-order chi connectivity index (χ1) is 14.2. The molecule has 29 heavy (non-hydrogen) atoms. The number of halogens is 1. The van der Waals surface area contributed by atoms with Crippen LogP contribution < -0.4 is 5.32 Å². The maximum absolute atomic E-state index is 13.8. The molecule has 1 N–H and O–H groups in total. The highest BCUT2D eigenvalue weighted by Crippen LogP contribution is 2.22. The average molecular weight is 396 g/mol. The third kappa shape index (κ3) is 4.22. The van der Waals surface area contributed by atoms with E-state index < -0.39 is 0 Å². The maximum atomic E-state index is 13.8. The van der Waals surface area contributed by atoms with Gasteiger partial charge in [0.2, 0.25) is 0 Å². The number of hydrogen-bond donors (Lipinski definition) is 1. The zero-order valence-electron chi connectivity index (χ0n) is 16.5. The third-order valence-electron chi connectivity index (χ3n) is 5.10. The monoisotopic (exact) mass is 396 g/mol. The third-order valence-corrected chi connectivity index (χ3v) is 5.10. The van der Waals surface area contributed by atoms with Crippen molar-refractivity contribution in [1.82, 2.24) is 29.7 Å². The SMILES string of the molecule is CCCNC(=O)N1CCN(Cc2nc3cccnc3n2-c2cccc(F)c2)CC1. The zero-order chi connectivity index (χ0) is 20.2. The van der Waals surface area contributed by atoms with Crippen molar-refractivity contribution in [3.8, 4) is 5.69 Å². The van der Waals surface area contributed by atoms with E-state index in [-0.39, 0.29) is 11.8 Å². The minimum Gasteiger partial charge on any atom is -0.338 e. The summed E-state index contributed by atoms with van der Waals surface area (Å²) < 4.78 is 15.8. The molecule has 0 unspecified atom stereocenters. The first kappa shape index (κ1) is 19.3. The molecule has 0 bridgehead atoms. The second-order valence-electron chi connectivity index (χ2n) is 7.18. The predicted molar refractivity (Wildman–Crippen MR) is 109 cm³/mol. The molecule has 2 aromatic heterocycles. The number of rotatable bonds is 5. The molecule has 3 aromatic rings. The molecule has 8 heteroatoms. The second-order valence-corrected chi connectivity index (χ2v) is 7.18. The van der Waals surface area contributed by atoms with Crippen LogP contribution in [0.1, 0.15) is 19.2 Å². The van der Waals surface area contributed by atoms with Crippen molar-refractivity contribution in [3.05, 3.63) is 54.2 Å². The van der Waals surface area contributed by atoms with Gasteiger partial charge in [-0.3, -0.25) is 9.47 Å². The molecule has 1 aromatic carbocycles. The van der Waals surface area contributed by atoms with Crippen LogP contribution in [0.4, 0.5) is 9.18 Å². The quantitative estimate of drug-likeness (QED) is 0.720. The van der Waals surface area contributed by atoms with Gasteiger partial charge in [0.25, 0.3) is 0 Å². The Hall–Kier alpha value is -3.00. The van der Waals surface area contributed by atoms with Crippen LogP contribution in [0.3, 0.4) is 0 Å². The van der Waals surface area contributed by atoms with Crippen LogP contribution >= 0.6 is 0 Å². The predicted octanol–water partition coefficient (Wildman–Crippen LogP) is 2.80. The minimum atomic E-state index is -0.294. The number of carbonyl (C=O) groups excluding carboxylic acids is 1. The van der Waals surface area contributed by atoms with Crippen LogP contribution in [0.25, 0.3) is 16.9 Å². The molecule has 152 valence electrons. The minimum absolute atomic E-state index is 0.00250. The molecular formula is C21H25FN6O. The molecule has 0 radical (unpaired) electrons. The lowest BCUT2D eigenvalue weighted by molar-refractivity contribution is 0.133. The van der Waals surface area contributed by atoms with Crippen LogP contribution in [-0.2, 0) is 6.54 Å². The summed E-state index contributed by atoms with van der Waals surface area (Å²) in [5.41, 5.74) is 2.20. The Balaban J connectivity index is 1.53. The molecule has 1 aliphatic rings. The highest BCUT2D eigenvalue weighted by Gasteiger charge is 2.23. The fraction of sp³-hybridized carbons (Fsp3) is 0.381. The van der Waals surface area contributed by atoms with Crippen molar-refractivity contribution in [2.75, 3.05) is 32.7 Å². The summed E-state index contributed by atoms with van der Waals surface area (Å²) in [4.78, 5) is 25.5. The summed E-state index contributed by atoms with van der Waals surface area (Å²) in [7, 11) is 0. The number of aromatic nitrogens is 3. The molecule has 1 aliphatic heterocycles. The molecule has 7 nitrogen and oxygen atoms in total. The summed E-state index contributed by atoms with van der Waals surface area (Å²) >= 11 is 0. The Morgan fingerprint density at radius 3 is 2.76 bits per heavy atom. The van der Waals surface area contributed by atoms with Gasteiger partial charge in [-0.1, -0.05) is 13.0 Å². The van der Waals surface area contributed by atoms with Crippen molar-refractivity contribution < 1.29 is 9.18 Å². The largest absolute Gasteiger partial charge is 0.338 e. The van der Waals surface area contributed by atoms with Crippen LogP contribution in [0.5, 0.6) is 0 Å². The van der Waals surface area contributed by atoms with E-state index in [2.05, 4.69) is 15.2 Å². The van der Waals surface area contributed by atoms with Gasteiger partial charge in [0.1, 0.15) is 17.2 Å². The first-order valence-corrected chi connectivity index (χ1v) is 9.99. The molecule has 1 saturated heterocycles. The number of benzene rings is 1. The van der Waals surface area contributed by atoms with Crippen LogP contribution in [0, 0.1) is 5.82 Å². The van der Waals surface area contributed by atoms with Crippen molar-refractivity contribution in [2.24, 2.45) is 0 Å². The van der Waals surface area contributed by atoms with Gasteiger partial charge in [-0.15, -0.1) is 0 Å². The molecule has 0 atom stereocenters. The number of nitrogens with zero attached hydrogens (tertiary/aromatic N) is 5. The molecule has 0 aliphatic carbocycles. The number of carbonyl (C=O) groups is 1. The van der Waals surface area contributed by atoms with E-state index >= 15 is 0 Å². The van der Waals surface area contributed by atoms with Crippen molar-refractivity contribution in [1.29, 1.82) is 0 Å². The zero-order valence-corrected chi connectivity index (χ0v) is 16.5. The van der Waals surface area contributed by atoms with Crippen molar-refractivity contribution in [3.63, 3.8) is 0 Å². The van der Waals surface area contributed by atoms with Crippen LogP contribution in [-0.4, -0.2) is 63.1 Å². The lowest BCUT2D eigenvalue weighted by Crippen LogP contribution is -2.51. The Morgan fingerprint density at radius 1 is 1.17 bits per heavy atom. The number of fused-ring (bicyclic) bond motifs is 1. The van der Waals surface area contributed by atoms with Gasteiger partial charge >= 0.3 is 6.03 Å². The van der Waals surface area contributed by atoms with Gasteiger partial charge in [0, 0.05) is 38.9 Å². The molecule has 1 fully saturated rings. The molecule has 0 saturated carbocycles. The standard InChI is InChI=1S/C21H25FN6O/c1-2-8-24-21(29)27-12-10-26(11-13-27)15-19-25-18-7-4-9-23-20(18)28(19)17-6-3-5-16(22)14-17/h3-7,9,14H,2,8,10-13,15H2,1H3,(H,24,29). The van der Waals surface area contributed by atoms with E-state index in [0.29, 0.717) is 37.5 Å². The summed E-state index contributed by atoms with van der Waals surface area (Å²) in [6, 6.07) is 10.2. The maximum Gasteiger partial charge on any atom is 0.317 e. The fourth-order valence-corrected chi connectivity index (χ4v) is 3.60. The summed E-state index contributed by atoms with van der Waals surface area (Å²) in [5.74, 6) is 0.520. The Bertz CT molecular complexity index is 996. The van der Waals surface area contributed by atoms with Gasteiger partial charge in [0.05, 0.1) is 12.2 Å². The smallest absolute Gasteiger partial charge is 0.317 e. The van der Waals surface area contributed by atoms with E-state index in [1.165, 1.54) is 12.1 Å². The second kappa shape index (κ2) is 8.57. The van der Waals surface area contributed by atoms with Gasteiger partial charge in [-0.05, 0) is 36.8 Å². The fourth-order valence-electron chi connectivity index (χ4n) is 3.60. The van der Waals surface area contributed by atoms with Gasteiger partial charge in [0.15, 0.2) is 5.65 Å². The lowest BCUT2D eigenvalue weighted by Gasteiger charge is -2.34. The van der Waals surface area contributed by atoms with Crippen LogP contribution in [0.15, 0.2) is 42.6 Å². The molecule has 4 rings (SSSR count). The van der Waals surface area contributed by atoms with Gasteiger partial charge < -0.3 is 10.2 Å². The van der Waals surface area contributed by atoms with E-state index in [4.69, 9.17) is 4.98 Å². The Labute approximate surface area is 169 Å². The molecular weight excluding hydrogens is 371 g/mol. The lowest BCUT2D eigenvalue weighted by atomic mass is 10.3. The highest BCUT2D eigenvalue weighted by atomic mass is 19.1. The Morgan fingerprint density at radius 2 is 2.00 bits per heavy atom. The molecule has 3 heterocycles. The van der Waals surface area contributed by atoms with Gasteiger partial charge in [-0.25, -0.2) is 19.2 Å². The number of piperazine rings is 1. The van der Waals surface area contributed by atoms with E-state index in [0.717, 1.165) is 30.9 Å². The number of pyridine rings is 1. The number of nitrogens with one attached hydrogen (secondary N) is 1. The number of imidazole rings is 1. The summed E-state index contributed by atoms with van der Waals surface area (Å²) in [6.45, 7) is 6.22. The highest BCUT2D eigenvalue weighted by molar-refractivity contribution is 5.74. The number of urea groups is 1. The van der Waals surface area contributed by atoms with Crippen molar-refractivity contribution in [2.45, 2.75) is 19.9 Å². The first-order valence-electron chi connectivity index (χ1n) is 9.99. The Kier molecular flexibility index (Phi) is 5.71. The van der Waals surface area contributed by atoms with E-state index in [9.17, 15) is 9.18 Å². The van der Waals surface area contributed by atoms with Gasteiger partial charge in [-0.2, -0.15) is 0 Å². The topological polar surface area (TPSA) is 66.3 Å². The number of hydrogen-bond acceptors (Lipinski definition) is 4. The van der Waals surface area contributed by atoms with Crippen molar-refractivity contribution >= 4 is 17.2 Å². The number of amides is 2. The molecule has 0 spiro atoms. The molecule has 2 amide bonds.